The first kappa shape index (κ1) is 17.9. The summed E-state index contributed by atoms with van der Waals surface area (Å²) in [4.78, 5) is 5.00. The molecule has 1 aliphatic rings. The number of nitrogens with two attached hydrogens (primary N) is 1. The van der Waals surface area contributed by atoms with Gasteiger partial charge in [-0.15, -0.1) is 0 Å². The van der Waals surface area contributed by atoms with Crippen LogP contribution < -0.4 is 15.4 Å². The van der Waals surface area contributed by atoms with Crippen molar-refractivity contribution in [2.24, 2.45) is 0 Å². The van der Waals surface area contributed by atoms with Crippen molar-refractivity contribution in [2.45, 2.75) is 52.0 Å². The Hall–Kier alpha value is -1.42. The van der Waals surface area contributed by atoms with Gasteiger partial charge in [0.2, 0.25) is 0 Å². The minimum absolute atomic E-state index is 0.643. The molecule has 1 aromatic carbocycles. The molecule has 1 aliphatic heterocycles. The fourth-order valence-corrected chi connectivity index (χ4v) is 3.44. The minimum atomic E-state index is 0.643. The van der Waals surface area contributed by atoms with E-state index in [1.807, 2.05) is 13.0 Å². The van der Waals surface area contributed by atoms with Crippen molar-refractivity contribution >= 4 is 11.4 Å². The molecule has 130 valence electrons. The van der Waals surface area contributed by atoms with Crippen molar-refractivity contribution in [1.82, 2.24) is 4.90 Å². The fraction of sp³-hybridized carbons (Fsp3) is 0.684. The van der Waals surface area contributed by atoms with Crippen LogP contribution in [0.1, 0.15) is 46.0 Å². The molecule has 2 N–H and O–H groups in total. The van der Waals surface area contributed by atoms with Gasteiger partial charge >= 0.3 is 0 Å². The molecule has 0 radical (unpaired) electrons. The van der Waals surface area contributed by atoms with Crippen molar-refractivity contribution in [1.29, 1.82) is 0 Å². The number of nitrogen functional groups attached to an aromatic ring is 1. The lowest BCUT2D eigenvalue weighted by Crippen LogP contribution is -2.40. The standard InChI is InChI=1S/C19H33N3O/c1-4-16(22-12-7-6-8-13-22)11-14-21(3)17-9-10-18(20)19(15-17)23-5-2/h9-10,15-16H,4-8,11-14,20H2,1-3H3. The Labute approximate surface area is 141 Å². The Balaban J connectivity index is 1.92. The van der Waals surface area contributed by atoms with E-state index in [9.17, 15) is 0 Å². The minimum Gasteiger partial charge on any atom is -0.492 e. The Kier molecular flexibility index (Phi) is 7.03. The van der Waals surface area contributed by atoms with E-state index in [2.05, 4.69) is 35.9 Å². The third-order valence-corrected chi connectivity index (χ3v) is 4.91. The molecule has 4 heteroatoms. The van der Waals surface area contributed by atoms with Gasteiger partial charge in [0.25, 0.3) is 0 Å². The highest BCUT2D eigenvalue weighted by Crippen LogP contribution is 2.27. The third kappa shape index (κ3) is 5.03. The third-order valence-electron chi connectivity index (χ3n) is 4.91. The smallest absolute Gasteiger partial charge is 0.144 e. The van der Waals surface area contributed by atoms with Gasteiger partial charge in [-0.2, -0.15) is 0 Å². The first-order valence-electron chi connectivity index (χ1n) is 9.13. The maximum absolute atomic E-state index is 5.97. The Morgan fingerprint density at radius 2 is 1.96 bits per heavy atom. The van der Waals surface area contributed by atoms with Crippen LogP contribution in [0, 0.1) is 0 Å². The largest absolute Gasteiger partial charge is 0.492 e. The van der Waals surface area contributed by atoms with Gasteiger partial charge in [0.1, 0.15) is 5.75 Å². The van der Waals surface area contributed by atoms with Gasteiger partial charge in [-0.05, 0) is 57.8 Å². The van der Waals surface area contributed by atoms with E-state index in [0.29, 0.717) is 18.3 Å². The highest BCUT2D eigenvalue weighted by atomic mass is 16.5. The summed E-state index contributed by atoms with van der Waals surface area (Å²) < 4.78 is 5.61. The molecular formula is C19H33N3O. The zero-order chi connectivity index (χ0) is 16.7. The predicted molar refractivity (Wildman–Crippen MR) is 99.4 cm³/mol. The molecule has 1 aromatic rings. The molecule has 0 aliphatic carbocycles. The van der Waals surface area contributed by atoms with Gasteiger partial charge in [-0.25, -0.2) is 0 Å². The van der Waals surface area contributed by atoms with Crippen molar-refractivity contribution in [2.75, 3.05) is 43.9 Å². The number of benzene rings is 1. The zero-order valence-electron chi connectivity index (χ0n) is 15.1. The van der Waals surface area contributed by atoms with Crippen molar-refractivity contribution in [3.8, 4) is 5.75 Å². The normalized spacial score (nSPS) is 17.0. The maximum atomic E-state index is 5.97. The average molecular weight is 319 g/mol. The molecule has 0 amide bonds. The van der Waals surface area contributed by atoms with Gasteiger partial charge in [0, 0.05) is 31.4 Å². The van der Waals surface area contributed by atoms with E-state index >= 15 is 0 Å². The van der Waals surface area contributed by atoms with E-state index in [-0.39, 0.29) is 0 Å². The molecular weight excluding hydrogens is 286 g/mol. The molecule has 1 unspecified atom stereocenters. The number of anilines is 2. The molecule has 4 nitrogen and oxygen atoms in total. The van der Waals surface area contributed by atoms with E-state index in [4.69, 9.17) is 10.5 Å². The summed E-state index contributed by atoms with van der Waals surface area (Å²) in [6, 6.07) is 6.79. The van der Waals surface area contributed by atoms with Crippen LogP contribution in [0.25, 0.3) is 0 Å². The highest BCUT2D eigenvalue weighted by molar-refractivity contribution is 5.62. The summed E-state index contributed by atoms with van der Waals surface area (Å²) in [7, 11) is 2.16. The lowest BCUT2D eigenvalue weighted by molar-refractivity contribution is 0.152. The topological polar surface area (TPSA) is 41.7 Å². The second-order valence-electron chi connectivity index (χ2n) is 6.52. The van der Waals surface area contributed by atoms with E-state index in [0.717, 1.165) is 12.3 Å². The molecule has 1 saturated heterocycles. The van der Waals surface area contributed by atoms with Crippen molar-refractivity contribution < 1.29 is 4.74 Å². The molecule has 1 fully saturated rings. The van der Waals surface area contributed by atoms with Crippen molar-refractivity contribution in [3.05, 3.63) is 18.2 Å². The second kappa shape index (κ2) is 9.02. The Morgan fingerprint density at radius 1 is 1.22 bits per heavy atom. The van der Waals surface area contributed by atoms with Gasteiger partial charge < -0.3 is 20.3 Å². The number of hydrogen-bond donors (Lipinski definition) is 1. The van der Waals surface area contributed by atoms with Crippen LogP contribution in [-0.4, -0.2) is 44.2 Å². The molecule has 1 atom stereocenters. The number of rotatable bonds is 8. The van der Waals surface area contributed by atoms with Gasteiger partial charge in [0.05, 0.1) is 12.3 Å². The summed E-state index contributed by atoms with van der Waals surface area (Å²) in [6.45, 7) is 8.56. The van der Waals surface area contributed by atoms with Crippen molar-refractivity contribution in [3.63, 3.8) is 0 Å². The van der Waals surface area contributed by atoms with Crippen LogP contribution in [0.2, 0.25) is 0 Å². The Morgan fingerprint density at radius 3 is 2.61 bits per heavy atom. The van der Waals surface area contributed by atoms with Crippen LogP contribution in [0.3, 0.4) is 0 Å². The average Bonchev–Trinajstić information content (AvgIpc) is 2.58. The molecule has 0 bridgehead atoms. The van der Waals surface area contributed by atoms with Gasteiger partial charge in [0.15, 0.2) is 0 Å². The first-order chi connectivity index (χ1) is 11.2. The Bertz CT molecular complexity index is 472. The second-order valence-corrected chi connectivity index (χ2v) is 6.52. The lowest BCUT2D eigenvalue weighted by atomic mass is 10.0. The monoisotopic (exact) mass is 319 g/mol. The van der Waals surface area contributed by atoms with E-state index in [1.54, 1.807) is 0 Å². The van der Waals surface area contributed by atoms with E-state index < -0.39 is 0 Å². The van der Waals surface area contributed by atoms with Crippen LogP contribution in [-0.2, 0) is 0 Å². The fourth-order valence-electron chi connectivity index (χ4n) is 3.44. The number of likely N-dealkylation sites (tertiary alicyclic amines) is 1. The molecule has 0 saturated carbocycles. The first-order valence-corrected chi connectivity index (χ1v) is 9.13. The summed E-state index contributed by atoms with van der Waals surface area (Å²) in [5.41, 5.74) is 7.86. The highest BCUT2D eigenvalue weighted by Gasteiger charge is 2.19. The summed E-state index contributed by atoms with van der Waals surface area (Å²) in [5, 5.41) is 0. The summed E-state index contributed by atoms with van der Waals surface area (Å²) in [5.74, 6) is 0.792. The number of hydrogen-bond acceptors (Lipinski definition) is 4. The van der Waals surface area contributed by atoms with Gasteiger partial charge in [-0.1, -0.05) is 13.3 Å². The van der Waals surface area contributed by atoms with Crippen LogP contribution >= 0.6 is 0 Å². The predicted octanol–water partition coefficient (Wildman–Crippen LogP) is 3.76. The number of piperidine rings is 1. The van der Waals surface area contributed by atoms with Crippen LogP contribution in [0.5, 0.6) is 5.75 Å². The molecule has 0 aromatic heterocycles. The maximum Gasteiger partial charge on any atom is 0.144 e. The number of nitrogens with zero attached hydrogens (tertiary/aromatic N) is 2. The molecule has 2 rings (SSSR count). The summed E-state index contributed by atoms with van der Waals surface area (Å²) in [6.07, 6.45) is 6.57. The molecule has 0 spiro atoms. The quantitative estimate of drug-likeness (QED) is 0.741. The van der Waals surface area contributed by atoms with Crippen LogP contribution in [0.4, 0.5) is 11.4 Å². The summed E-state index contributed by atoms with van der Waals surface area (Å²) >= 11 is 0. The van der Waals surface area contributed by atoms with E-state index in [1.165, 1.54) is 50.9 Å². The lowest BCUT2D eigenvalue weighted by Gasteiger charge is -2.35. The van der Waals surface area contributed by atoms with Gasteiger partial charge in [-0.3, -0.25) is 0 Å². The number of ether oxygens (including phenoxy) is 1. The van der Waals surface area contributed by atoms with Crippen LogP contribution in [0.15, 0.2) is 18.2 Å². The zero-order valence-corrected chi connectivity index (χ0v) is 15.1. The molecule has 23 heavy (non-hydrogen) atoms. The molecule has 1 heterocycles. The SMILES string of the molecule is CCOc1cc(N(C)CCC(CC)N2CCCCC2)ccc1N.